The van der Waals surface area contributed by atoms with Crippen molar-refractivity contribution in [3.63, 3.8) is 0 Å². The number of piperidine rings is 1. The van der Waals surface area contributed by atoms with E-state index in [0.29, 0.717) is 18.0 Å². The molecular weight excluding hydrogens is 410 g/mol. The fourth-order valence-corrected chi connectivity index (χ4v) is 5.76. The highest BCUT2D eigenvalue weighted by molar-refractivity contribution is 7.89. The summed E-state index contributed by atoms with van der Waals surface area (Å²) in [6.07, 6.45) is 2.80. The quantitative estimate of drug-likeness (QED) is 0.653. The molecule has 1 aliphatic heterocycles. The SMILES string of the molecule is C[C@@H]1CCCCN1S(=O)(=O)c1ccc(NC(=O)c2cc(-c3cccs3)on2)cc1. The zero-order valence-corrected chi connectivity index (χ0v) is 17.5. The van der Waals surface area contributed by atoms with Crippen molar-refractivity contribution < 1.29 is 17.7 Å². The van der Waals surface area contributed by atoms with Crippen molar-refractivity contribution in [2.45, 2.75) is 37.1 Å². The molecule has 4 rings (SSSR count). The number of aromatic nitrogens is 1. The summed E-state index contributed by atoms with van der Waals surface area (Å²) in [6, 6.07) is 11.6. The number of carbonyl (C=O) groups excluding carboxylic acids is 1. The van der Waals surface area contributed by atoms with Crippen LogP contribution in [0.5, 0.6) is 0 Å². The van der Waals surface area contributed by atoms with E-state index >= 15 is 0 Å². The van der Waals surface area contributed by atoms with Gasteiger partial charge in [0.25, 0.3) is 5.91 Å². The average molecular weight is 432 g/mol. The van der Waals surface area contributed by atoms with Crippen molar-refractivity contribution in [1.29, 1.82) is 0 Å². The maximum absolute atomic E-state index is 12.9. The molecule has 0 unspecified atom stereocenters. The number of anilines is 1. The molecule has 0 aliphatic carbocycles. The third-order valence-electron chi connectivity index (χ3n) is 4.97. The number of rotatable bonds is 5. The predicted molar refractivity (Wildman–Crippen MR) is 111 cm³/mol. The Morgan fingerprint density at radius 1 is 1.24 bits per heavy atom. The first-order valence-corrected chi connectivity index (χ1v) is 11.7. The molecule has 3 heterocycles. The van der Waals surface area contributed by atoms with Gasteiger partial charge in [0.05, 0.1) is 9.77 Å². The van der Waals surface area contributed by atoms with Crippen LogP contribution >= 0.6 is 11.3 Å². The first-order chi connectivity index (χ1) is 13.9. The molecule has 1 aromatic carbocycles. The Balaban J connectivity index is 1.46. The van der Waals surface area contributed by atoms with E-state index in [-0.39, 0.29) is 16.6 Å². The predicted octanol–water partition coefficient (Wildman–Crippen LogP) is 4.22. The van der Waals surface area contributed by atoms with Crippen LogP contribution in [0, 0.1) is 0 Å². The van der Waals surface area contributed by atoms with Gasteiger partial charge in [0.15, 0.2) is 11.5 Å². The minimum atomic E-state index is -3.54. The first kappa shape index (κ1) is 19.8. The summed E-state index contributed by atoms with van der Waals surface area (Å²) in [4.78, 5) is 13.5. The van der Waals surface area contributed by atoms with Gasteiger partial charge in [0.2, 0.25) is 10.0 Å². The number of benzene rings is 1. The third kappa shape index (κ3) is 4.12. The number of amides is 1. The molecule has 0 radical (unpaired) electrons. The lowest BCUT2D eigenvalue weighted by Gasteiger charge is -2.32. The van der Waals surface area contributed by atoms with Gasteiger partial charge >= 0.3 is 0 Å². The molecule has 0 bridgehead atoms. The minimum absolute atomic E-state index is 0.00200. The highest BCUT2D eigenvalue weighted by Gasteiger charge is 2.30. The number of nitrogens with zero attached hydrogens (tertiary/aromatic N) is 2. The van der Waals surface area contributed by atoms with E-state index < -0.39 is 15.9 Å². The molecule has 1 N–H and O–H groups in total. The Morgan fingerprint density at radius 2 is 2.03 bits per heavy atom. The van der Waals surface area contributed by atoms with Crippen molar-refractivity contribution in [2.24, 2.45) is 0 Å². The van der Waals surface area contributed by atoms with Gasteiger partial charge in [-0.3, -0.25) is 4.79 Å². The van der Waals surface area contributed by atoms with Crippen LogP contribution in [-0.4, -0.2) is 36.4 Å². The molecule has 152 valence electrons. The molecule has 1 saturated heterocycles. The van der Waals surface area contributed by atoms with Crippen LogP contribution in [0.1, 0.15) is 36.7 Å². The highest BCUT2D eigenvalue weighted by atomic mass is 32.2. The Bertz CT molecular complexity index is 1090. The maximum Gasteiger partial charge on any atom is 0.277 e. The van der Waals surface area contributed by atoms with Crippen LogP contribution in [-0.2, 0) is 10.0 Å². The number of sulfonamides is 1. The van der Waals surface area contributed by atoms with E-state index in [1.807, 2.05) is 24.4 Å². The Labute approximate surface area is 173 Å². The van der Waals surface area contributed by atoms with Crippen LogP contribution in [0.4, 0.5) is 5.69 Å². The lowest BCUT2D eigenvalue weighted by Crippen LogP contribution is -2.41. The maximum atomic E-state index is 12.9. The molecule has 9 heteroatoms. The van der Waals surface area contributed by atoms with Crippen molar-refractivity contribution in [3.8, 4) is 10.6 Å². The van der Waals surface area contributed by atoms with E-state index in [2.05, 4.69) is 10.5 Å². The number of nitrogens with one attached hydrogen (secondary N) is 1. The molecule has 1 atom stereocenters. The van der Waals surface area contributed by atoms with Crippen LogP contribution in [0.2, 0.25) is 0 Å². The van der Waals surface area contributed by atoms with E-state index in [1.54, 1.807) is 22.5 Å². The summed E-state index contributed by atoms with van der Waals surface area (Å²) in [7, 11) is -3.54. The lowest BCUT2D eigenvalue weighted by molar-refractivity contribution is 0.101. The summed E-state index contributed by atoms with van der Waals surface area (Å²) in [5.41, 5.74) is 0.647. The zero-order chi connectivity index (χ0) is 20.4. The van der Waals surface area contributed by atoms with Gasteiger partial charge in [0, 0.05) is 24.3 Å². The van der Waals surface area contributed by atoms with Crippen molar-refractivity contribution in [1.82, 2.24) is 9.46 Å². The molecule has 1 amide bonds. The van der Waals surface area contributed by atoms with Gasteiger partial charge in [-0.1, -0.05) is 17.6 Å². The molecule has 0 spiro atoms. The fourth-order valence-electron chi connectivity index (χ4n) is 3.39. The first-order valence-electron chi connectivity index (χ1n) is 9.39. The van der Waals surface area contributed by atoms with Crippen LogP contribution in [0.3, 0.4) is 0 Å². The summed E-state index contributed by atoms with van der Waals surface area (Å²) < 4.78 is 32.6. The topological polar surface area (TPSA) is 92.5 Å². The number of carbonyl (C=O) groups is 1. The monoisotopic (exact) mass is 431 g/mol. The summed E-state index contributed by atoms with van der Waals surface area (Å²) in [6.45, 7) is 2.48. The molecule has 0 saturated carbocycles. The third-order valence-corrected chi connectivity index (χ3v) is 7.88. The van der Waals surface area contributed by atoms with Crippen molar-refractivity contribution >= 4 is 33.0 Å². The van der Waals surface area contributed by atoms with Crippen LogP contribution in [0.25, 0.3) is 10.6 Å². The second kappa shape index (κ2) is 8.10. The summed E-state index contributed by atoms with van der Waals surface area (Å²) in [5.74, 6) is 0.110. The smallest absolute Gasteiger partial charge is 0.277 e. The Kier molecular flexibility index (Phi) is 5.53. The molecule has 29 heavy (non-hydrogen) atoms. The van der Waals surface area contributed by atoms with Crippen LogP contribution < -0.4 is 5.32 Å². The summed E-state index contributed by atoms with van der Waals surface area (Å²) in [5, 5.41) is 8.44. The van der Waals surface area contributed by atoms with Gasteiger partial charge in [0.1, 0.15) is 0 Å². The molecule has 7 nitrogen and oxygen atoms in total. The van der Waals surface area contributed by atoms with Gasteiger partial charge in [-0.15, -0.1) is 11.3 Å². The Morgan fingerprint density at radius 3 is 2.72 bits per heavy atom. The van der Waals surface area contributed by atoms with Gasteiger partial charge in [-0.25, -0.2) is 8.42 Å². The van der Waals surface area contributed by atoms with Gasteiger partial charge in [-0.2, -0.15) is 4.31 Å². The van der Waals surface area contributed by atoms with E-state index in [0.717, 1.165) is 24.1 Å². The highest BCUT2D eigenvalue weighted by Crippen LogP contribution is 2.27. The zero-order valence-electron chi connectivity index (χ0n) is 15.9. The molecule has 3 aromatic rings. The van der Waals surface area contributed by atoms with E-state index in [1.165, 1.54) is 23.5 Å². The molecule has 2 aromatic heterocycles. The minimum Gasteiger partial charge on any atom is -0.355 e. The van der Waals surface area contributed by atoms with E-state index in [4.69, 9.17) is 4.52 Å². The molecular formula is C20H21N3O4S2. The normalized spacial score (nSPS) is 17.9. The number of hydrogen-bond donors (Lipinski definition) is 1. The summed E-state index contributed by atoms with van der Waals surface area (Å²) >= 11 is 1.49. The van der Waals surface area contributed by atoms with Gasteiger partial charge in [-0.05, 0) is 55.5 Å². The van der Waals surface area contributed by atoms with E-state index in [9.17, 15) is 13.2 Å². The second-order valence-corrected chi connectivity index (χ2v) is 9.83. The fraction of sp³-hybridized carbons (Fsp3) is 0.300. The van der Waals surface area contributed by atoms with Crippen LogP contribution in [0.15, 0.2) is 57.3 Å². The average Bonchev–Trinajstić information content (AvgIpc) is 3.40. The van der Waals surface area contributed by atoms with Crippen molar-refractivity contribution in [2.75, 3.05) is 11.9 Å². The largest absolute Gasteiger partial charge is 0.355 e. The Hall–Kier alpha value is -2.49. The van der Waals surface area contributed by atoms with Crippen molar-refractivity contribution in [3.05, 3.63) is 53.5 Å². The standard InChI is InChI=1S/C20H21N3O4S2/c1-14-5-2-3-11-23(14)29(25,26)16-9-7-15(8-10-16)21-20(24)17-13-18(27-22-17)19-6-4-12-28-19/h4,6-10,12-14H,2-3,5,11H2,1H3,(H,21,24)/t14-/m1/s1. The molecule has 1 fully saturated rings. The van der Waals surface area contributed by atoms with Gasteiger partial charge < -0.3 is 9.84 Å². The lowest BCUT2D eigenvalue weighted by atomic mass is 10.1. The molecule has 1 aliphatic rings. The second-order valence-electron chi connectivity index (χ2n) is 6.99. The number of hydrogen-bond acceptors (Lipinski definition) is 6. The number of thiophene rings is 1.